The van der Waals surface area contributed by atoms with Gasteiger partial charge in [0, 0.05) is 11.1 Å². The van der Waals surface area contributed by atoms with Gasteiger partial charge in [-0.25, -0.2) is 0 Å². The zero-order chi connectivity index (χ0) is 14.5. The van der Waals surface area contributed by atoms with Crippen molar-refractivity contribution in [3.8, 4) is 5.75 Å². The Bertz CT molecular complexity index is 573. The third-order valence-corrected chi connectivity index (χ3v) is 2.83. The maximum Gasteiger partial charge on any atom is 0.256 e. The number of nitrogens with one attached hydrogen (secondary N) is 2. The van der Waals surface area contributed by atoms with E-state index in [2.05, 4.69) is 15.5 Å². The molecule has 2 N–H and O–H groups in total. The molecule has 0 radical (unpaired) electrons. The summed E-state index contributed by atoms with van der Waals surface area (Å²) >= 11 is 0. The van der Waals surface area contributed by atoms with Crippen LogP contribution in [0.5, 0.6) is 5.75 Å². The molecular weight excluding hydrogens is 254 g/mol. The van der Waals surface area contributed by atoms with Crippen LogP contribution in [0.4, 0.5) is 5.82 Å². The van der Waals surface area contributed by atoms with Crippen LogP contribution in [0.2, 0.25) is 0 Å². The van der Waals surface area contributed by atoms with Crippen LogP contribution in [0.1, 0.15) is 36.7 Å². The number of ether oxygens (including phenoxy) is 1. The summed E-state index contributed by atoms with van der Waals surface area (Å²) < 4.78 is 5.54. The van der Waals surface area contributed by atoms with Crippen LogP contribution in [0, 0.1) is 0 Å². The SMILES string of the molecule is CCc1cn[nH]c1NC(=O)c1ccc(OC(C)C)cc1. The number of aryl methyl sites for hydroxylation is 1. The first-order chi connectivity index (χ1) is 9.60. The van der Waals surface area contributed by atoms with Gasteiger partial charge in [-0.05, 0) is 44.5 Å². The van der Waals surface area contributed by atoms with Gasteiger partial charge in [0.25, 0.3) is 5.91 Å². The number of benzene rings is 1. The normalized spacial score (nSPS) is 10.6. The monoisotopic (exact) mass is 273 g/mol. The van der Waals surface area contributed by atoms with E-state index in [1.54, 1.807) is 30.5 Å². The van der Waals surface area contributed by atoms with E-state index in [-0.39, 0.29) is 12.0 Å². The summed E-state index contributed by atoms with van der Waals surface area (Å²) in [5.74, 6) is 1.24. The number of anilines is 1. The number of carbonyl (C=O) groups excluding carboxylic acids is 1. The minimum Gasteiger partial charge on any atom is -0.491 e. The lowest BCUT2D eigenvalue weighted by molar-refractivity contribution is 0.102. The quantitative estimate of drug-likeness (QED) is 0.880. The minimum atomic E-state index is -0.167. The first-order valence-corrected chi connectivity index (χ1v) is 6.70. The summed E-state index contributed by atoms with van der Waals surface area (Å²) in [7, 11) is 0. The van der Waals surface area contributed by atoms with Crippen molar-refractivity contribution in [3.63, 3.8) is 0 Å². The van der Waals surface area contributed by atoms with Crippen molar-refractivity contribution in [3.05, 3.63) is 41.6 Å². The highest BCUT2D eigenvalue weighted by Gasteiger charge is 2.10. The Labute approximate surface area is 118 Å². The average molecular weight is 273 g/mol. The highest BCUT2D eigenvalue weighted by molar-refractivity contribution is 6.04. The van der Waals surface area contributed by atoms with Crippen LogP contribution >= 0.6 is 0 Å². The molecule has 0 aliphatic carbocycles. The van der Waals surface area contributed by atoms with E-state index >= 15 is 0 Å². The lowest BCUT2D eigenvalue weighted by atomic mass is 10.2. The second-order valence-electron chi connectivity index (χ2n) is 4.77. The molecule has 2 aromatic rings. The molecule has 0 fully saturated rings. The van der Waals surface area contributed by atoms with Gasteiger partial charge in [0.05, 0.1) is 12.3 Å². The molecule has 2 rings (SSSR count). The molecule has 0 saturated heterocycles. The van der Waals surface area contributed by atoms with Gasteiger partial charge < -0.3 is 10.1 Å². The minimum absolute atomic E-state index is 0.117. The number of hydrogen-bond acceptors (Lipinski definition) is 3. The van der Waals surface area contributed by atoms with E-state index in [9.17, 15) is 4.79 Å². The van der Waals surface area contributed by atoms with Crippen LogP contribution in [0.15, 0.2) is 30.5 Å². The van der Waals surface area contributed by atoms with E-state index in [4.69, 9.17) is 4.74 Å². The molecule has 5 heteroatoms. The first-order valence-electron chi connectivity index (χ1n) is 6.70. The molecule has 0 atom stereocenters. The summed E-state index contributed by atoms with van der Waals surface area (Å²) in [6.45, 7) is 5.94. The average Bonchev–Trinajstić information content (AvgIpc) is 2.86. The number of amides is 1. The molecule has 0 aliphatic heterocycles. The Morgan fingerprint density at radius 2 is 2.05 bits per heavy atom. The number of rotatable bonds is 5. The van der Waals surface area contributed by atoms with Crippen LogP contribution < -0.4 is 10.1 Å². The first kappa shape index (κ1) is 14.1. The number of hydrogen-bond donors (Lipinski definition) is 2. The molecule has 0 bridgehead atoms. The second-order valence-corrected chi connectivity index (χ2v) is 4.77. The summed E-state index contributed by atoms with van der Waals surface area (Å²) in [6.07, 6.45) is 2.65. The highest BCUT2D eigenvalue weighted by atomic mass is 16.5. The topological polar surface area (TPSA) is 67.0 Å². The van der Waals surface area contributed by atoms with Crippen molar-refractivity contribution in [1.29, 1.82) is 0 Å². The summed E-state index contributed by atoms with van der Waals surface area (Å²) in [5, 5.41) is 9.54. The molecule has 1 amide bonds. The van der Waals surface area contributed by atoms with Gasteiger partial charge in [0.15, 0.2) is 0 Å². The molecule has 20 heavy (non-hydrogen) atoms. The van der Waals surface area contributed by atoms with Crippen molar-refractivity contribution in [2.24, 2.45) is 0 Å². The maximum absolute atomic E-state index is 12.1. The predicted octanol–water partition coefficient (Wildman–Crippen LogP) is 3.01. The molecule has 1 aromatic heterocycles. The van der Waals surface area contributed by atoms with Gasteiger partial charge in [-0.2, -0.15) is 5.10 Å². The maximum atomic E-state index is 12.1. The third-order valence-electron chi connectivity index (χ3n) is 2.83. The lowest BCUT2D eigenvalue weighted by Gasteiger charge is -2.10. The zero-order valence-corrected chi connectivity index (χ0v) is 11.9. The molecule has 1 heterocycles. The van der Waals surface area contributed by atoms with Gasteiger partial charge in [-0.1, -0.05) is 6.92 Å². The van der Waals surface area contributed by atoms with E-state index < -0.39 is 0 Å². The summed E-state index contributed by atoms with van der Waals surface area (Å²) in [6, 6.07) is 7.08. The lowest BCUT2D eigenvalue weighted by Crippen LogP contribution is -2.13. The van der Waals surface area contributed by atoms with Crippen molar-refractivity contribution in [2.75, 3.05) is 5.32 Å². The van der Waals surface area contributed by atoms with Crippen LogP contribution in [0.25, 0.3) is 0 Å². The molecule has 106 valence electrons. The molecule has 1 aromatic carbocycles. The summed E-state index contributed by atoms with van der Waals surface area (Å²) in [4.78, 5) is 12.1. The van der Waals surface area contributed by atoms with Gasteiger partial charge in [0.1, 0.15) is 11.6 Å². The number of nitrogens with zero attached hydrogens (tertiary/aromatic N) is 1. The summed E-state index contributed by atoms with van der Waals surface area (Å²) in [5.41, 5.74) is 1.57. The van der Waals surface area contributed by atoms with Crippen molar-refractivity contribution in [1.82, 2.24) is 10.2 Å². The Kier molecular flexibility index (Phi) is 4.40. The number of aromatic amines is 1. The Morgan fingerprint density at radius 3 is 2.65 bits per heavy atom. The molecule has 5 nitrogen and oxygen atoms in total. The van der Waals surface area contributed by atoms with Crippen LogP contribution in [0.3, 0.4) is 0 Å². The Hall–Kier alpha value is -2.30. The Balaban J connectivity index is 2.06. The van der Waals surface area contributed by atoms with Crippen LogP contribution in [-0.4, -0.2) is 22.2 Å². The second kappa shape index (κ2) is 6.23. The van der Waals surface area contributed by atoms with Gasteiger partial charge >= 0.3 is 0 Å². The highest BCUT2D eigenvalue weighted by Crippen LogP contribution is 2.16. The van der Waals surface area contributed by atoms with Gasteiger partial charge in [0.2, 0.25) is 0 Å². The third kappa shape index (κ3) is 3.38. The van der Waals surface area contributed by atoms with Crippen molar-refractivity contribution >= 4 is 11.7 Å². The Morgan fingerprint density at radius 1 is 1.35 bits per heavy atom. The van der Waals surface area contributed by atoms with E-state index in [0.29, 0.717) is 11.4 Å². The fourth-order valence-electron chi connectivity index (χ4n) is 1.83. The molecule has 0 unspecified atom stereocenters. The molecular formula is C15H19N3O2. The molecule has 0 saturated carbocycles. The predicted molar refractivity (Wildman–Crippen MR) is 78.1 cm³/mol. The number of aromatic nitrogens is 2. The van der Waals surface area contributed by atoms with Crippen LogP contribution in [-0.2, 0) is 6.42 Å². The van der Waals surface area contributed by atoms with Gasteiger partial charge in [-0.15, -0.1) is 0 Å². The van der Waals surface area contributed by atoms with E-state index in [1.807, 2.05) is 20.8 Å². The fraction of sp³-hybridized carbons (Fsp3) is 0.333. The fourth-order valence-corrected chi connectivity index (χ4v) is 1.83. The zero-order valence-electron chi connectivity index (χ0n) is 11.9. The number of carbonyl (C=O) groups is 1. The van der Waals surface area contributed by atoms with Crippen molar-refractivity contribution in [2.45, 2.75) is 33.3 Å². The molecule has 0 spiro atoms. The van der Waals surface area contributed by atoms with Gasteiger partial charge in [-0.3, -0.25) is 9.89 Å². The largest absolute Gasteiger partial charge is 0.491 e. The van der Waals surface area contributed by atoms with E-state index in [1.165, 1.54) is 0 Å². The number of H-pyrrole nitrogens is 1. The molecule has 0 aliphatic rings. The van der Waals surface area contributed by atoms with E-state index in [0.717, 1.165) is 17.7 Å². The standard InChI is InChI=1S/C15H19N3O2/c1-4-11-9-16-18-14(11)17-15(19)12-5-7-13(8-6-12)20-10(2)3/h5-10H,4H2,1-3H3,(H2,16,17,18,19). The smallest absolute Gasteiger partial charge is 0.256 e. The van der Waals surface area contributed by atoms with Crippen molar-refractivity contribution < 1.29 is 9.53 Å².